The van der Waals surface area contributed by atoms with E-state index in [0.717, 1.165) is 31.3 Å². The third-order valence-corrected chi connectivity index (χ3v) is 4.96. The van der Waals surface area contributed by atoms with Crippen LogP contribution in [0.1, 0.15) is 12.8 Å². The zero-order valence-corrected chi connectivity index (χ0v) is 16.0. The molecule has 1 N–H and O–H groups in total. The zero-order valence-electron chi connectivity index (χ0n) is 16.0. The van der Waals surface area contributed by atoms with Crippen molar-refractivity contribution in [2.75, 3.05) is 32.6 Å². The van der Waals surface area contributed by atoms with Crippen LogP contribution in [0.2, 0.25) is 0 Å². The van der Waals surface area contributed by atoms with Crippen LogP contribution >= 0.6 is 0 Å². The highest BCUT2D eigenvalue weighted by molar-refractivity contribution is 5.96. The summed E-state index contributed by atoms with van der Waals surface area (Å²) >= 11 is 0. The first kappa shape index (κ1) is 18.4. The number of fused-ring (bicyclic) bond motifs is 1. The molecule has 1 fully saturated rings. The fraction of sp³-hybridized carbons (Fsp3) is 0.333. The van der Waals surface area contributed by atoms with Gasteiger partial charge in [0.25, 0.3) is 0 Å². The van der Waals surface area contributed by atoms with Crippen LogP contribution in [0.3, 0.4) is 0 Å². The number of nitrogens with zero attached hydrogens (tertiary/aromatic N) is 3. The first-order valence-electron chi connectivity index (χ1n) is 9.33. The van der Waals surface area contributed by atoms with Crippen LogP contribution in [0, 0.1) is 5.82 Å². The lowest BCUT2D eigenvalue weighted by Crippen LogP contribution is -2.35. The smallest absolute Gasteiger partial charge is 0.145 e. The van der Waals surface area contributed by atoms with Crippen LogP contribution in [0.25, 0.3) is 10.9 Å². The van der Waals surface area contributed by atoms with Crippen LogP contribution < -0.4 is 14.8 Å². The predicted molar refractivity (Wildman–Crippen MR) is 107 cm³/mol. The van der Waals surface area contributed by atoms with Gasteiger partial charge in [0.05, 0.1) is 18.0 Å². The maximum Gasteiger partial charge on any atom is 0.145 e. The monoisotopic (exact) mass is 382 g/mol. The molecule has 1 aliphatic rings. The second-order valence-corrected chi connectivity index (χ2v) is 7.00. The third kappa shape index (κ3) is 3.99. The molecule has 0 radical (unpaired) electrons. The van der Waals surface area contributed by atoms with E-state index in [9.17, 15) is 4.39 Å². The summed E-state index contributed by atoms with van der Waals surface area (Å²) in [6.07, 6.45) is 3.50. The summed E-state index contributed by atoms with van der Waals surface area (Å²) in [5.41, 5.74) is 1.32. The summed E-state index contributed by atoms with van der Waals surface area (Å²) in [6.45, 7) is 1.99. The molecule has 1 aliphatic heterocycles. The van der Waals surface area contributed by atoms with Crippen molar-refractivity contribution in [1.29, 1.82) is 0 Å². The van der Waals surface area contributed by atoms with Gasteiger partial charge in [0.2, 0.25) is 0 Å². The van der Waals surface area contributed by atoms with E-state index in [1.807, 2.05) is 12.1 Å². The maximum atomic E-state index is 13.6. The maximum absolute atomic E-state index is 13.6. The van der Waals surface area contributed by atoms with E-state index in [0.29, 0.717) is 28.5 Å². The standard InChI is InChI=1S/C21H23FN4O2/c1-26-8-6-16(7-9-26)28-19-12-17(27-2)11-18-20(19)21(24-13-23-18)25-15-5-3-4-14(22)10-15/h3-5,10-13,16H,6-9H2,1-2H3,(H,23,24,25). The Morgan fingerprint density at radius 3 is 2.71 bits per heavy atom. The van der Waals surface area contributed by atoms with Crippen molar-refractivity contribution in [2.24, 2.45) is 0 Å². The summed E-state index contributed by atoms with van der Waals surface area (Å²) in [7, 11) is 3.74. The molecule has 1 aromatic heterocycles. The number of nitrogens with one attached hydrogen (secondary N) is 1. The van der Waals surface area contributed by atoms with Gasteiger partial charge >= 0.3 is 0 Å². The molecule has 0 amide bonds. The average molecular weight is 382 g/mol. The van der Waals surface area contributed by atoms with Crippen LogP contribution in [-0.4, -0.2) is 48.2 Å². The minimum atomic E-state index is -0.312. The highest BCUT2D eigenvalue weighted by Gasteiger charge is 2.21. The number of anilines is 2. The van der Waals surface area contributed by atoms with Crippen molar-refractivity contribution in [3.63, 3.8) is 0 Å². The molecule has 1 saturated heterocycles. The van der Waals surface area contributed by atoms with Gasteiger partial charge in [0, 0.05) is 30.9 Å². The normalized spacial score (nSPS) is 15.5. The summed E-state index contributed by atoms with van der Waals surface area (Å²) in [5, 5.41) is 3.95. The number of aromatic nitrogens is 2. The van der Waals surface area contributed by atoms with Crippen molar-refractivity contribution < 1.29 is 13.9 Å². The number of methoxy groups -OCH3 is 1. The molecule has 146 valence electrons. The van der Waals surface area contributed by atoms with Gasteiger partial charge in [-0.2, -0.15) is 0 Å². The van der Waals surface area contributed by atoms with Crippen LogP contribution in [0.5, 0.6) is 11.5 Å². The molecule has 0 bridgehead atoms. The average Bonchev–Trinajstić information content (AvgIpc) is 2.69. The Morgan fingerprint density at radius 1 is 1.14 bits per heavy atom. The lowest BCUT2D eigenvalue weighted by Gasteiger charge is -2.29. The molecule has 7 heteroatoms. The number of ether oxygens (including phenoxy) is 2. The Labute approximate surface area is 163 Å². The third-order valence-electron chi connectivity index (χ3n) is 4.96. The Hall–Kier alpha value is -2.93. The SMILES string of the molecule is COc1cc(OC2CCN(C)CC2)c2c(Nc3cccc(F)c3)ncnc2c1. The summed E-state index contributed by atoms with van der Waals surface area (Å²) in [4.78, 5) is 11.1. The van der Waals surface area contributed by atoms with Gasteiger partial charge in [-0.1, -0.05) is 6.07 Å². The largest absolute Gasteiger partial charge is 0.497 e. The molecule has 4 rings (SSSR count). The van der Waals surface area contributed by atoms with Gasteiger partial charge in [-0.05, 0) is 38.1 Å². The Morgan fingerprint density at radius 2 is 1.96 bits per heavy atom. The van der Waals surface area contributed by atoms with Crippen molar-refractivity contribution in [3.8, 4) is 11.5 Å². The van der Waals surface area contributed by atoms with Crippen LogP contribution in [0.4, 0.5) is 15.9 Å². The van der Waals surface area contributed by atoms with Crippen molar-refractivity contribution in [1.82, 2.24) is 14.9 Å². The van der Waals surface area contributed by atoms with E-state index >= 15 is 0 Å². The lowest BCUT2D eigenvalue weighted by molar-refractivity contribution is 0.115. The fourth-order valence-corrected chi connectivity index (χ4v) is 3.42. The van der Waals surface area contributed by atoms with E-state index in [2.05, 4.69) is 27.2 Å². The Balaban J connectivity index is 1.73. The second kappa shape index (κ2) is 7.98. The van der Waals surface area contributed by atoms with Gasteiger partial charge in [-0.25, -0.2) is 14.4 Å². The van der Waals surface area contributed by atoms with Crippen LogP contribution in [-0.2, 0) is 0 Å². The quantitative estimate of drug-likeness (QED) is 0.720. The first-order chi connectivity index (χ1) is 13.6. The van der Waals surface area contributed by atoms with E-state index in [4.69, 9.17) is 9.47 Å². The highest BCUT2D eigenvalue weighted by atomic mass is 19.1. The summed E-state index contributed by atoms with van der Waals surface area (Å²) in [5.74, 6) is 1.60. The second-order valence-electron chi connectivity index (χ2n) is 7.00. The lowest BCUT2D eigenvalue weighted by atomic mass is 10.1. The number of benzene rings is 2. The number of likely N-dealkylation sites (tertiary alicyclic amines) is 1. The molecule has 6 nitrogen and oxygen atoms in total. The van der Waals surface area contributed by atoms with E-state index in [-0.39, 0.29) is 11.9 Å². The molecule has 28 heavy (non-hydrogen) atoms. The number of hydrogen-bond donors (Lipinski definition) is 1. The molecule has 0 saturated carbocycles. The molecule has 0 atom stereocenters. The van der Waals surface area contributed by atoms with E-state index in [1.165, 1.54) is 18.5 Å². The van der Waals surface area contributed by atoms with Crippen LogP contribution in [0.15, 0.2) is 42.7 Å². The van der Waals surface area contributed by atoms with Gasteiger partial charge in [-0.15, -0.1) is 0 Å². The van der Waals surface area contributed by atoms with E-state index < -0.39 is 0 Å². The topological polar surface area (TPSA) is 59.5 Å². The molecule has 0 unspecified atom stereocenters. The Bertz CT molecular complexity index is 974. The Kier molecular flexibility index (Phi) is 5.25. The molecule has 0 aliphatic carbocycles. The van der Waals surface area contributed by atoms with Gasteiger partial charge < -0.3 is 19.7 Å². The van der Waals surface area contributed by atoms with E-state index in [1.54, 1.807) is 19.2 Å². The zero-order chi connectivity index (χ0) is 19.5. The highest BCUT2D eigenvalue weighted by Crippen LogP contribution is 2.36. The summed E-state index contributed by atoms with van der Waals surface area (Å²) < 4.78 is 25.4. The van der Waals surface area contributed by atoms with Gasteiger partial charge in [-0.3, -0.25) is 0 Å². The number of rotatable bonds is 5. The number of piperidine rings is 1. The van der Waals surface area contributed by atoms with Gasteiger partial charge in [0.15, 0.2) is 0 Å². The van der Waals surface area contributed by atoms with Crippen molar-refractivity contribution in [2.45, 2.75) is 18.9 Å². The van der Waals surface area contributed by atoms with Crippen molar-refractivity contribution in [3.05, 3.63) is 48.5 Å². The summed E-state index contributed by atoms with van der Waals surface area (Å²) in [6, 6.07) is 9.98. The fourth-order valence-electron chi connectivity index (χ4n) is 3.42. The first-order valence-corrected chi connectivity index (χ1v) is 9.33. The predicted octanol–water partition coefficient (Wildman–Crippen LogP) is 3.99. The molecule has 2 heterocycles. The van der Waals surface area contributed by atoms with Crippen molar-refractivity contribution >= 4 is 22.4 Å². The molecular weight excluding hydrogens is 359 g/mol. The minimum absolute atomic E-state index is 0.119. The number of halogens is 1. The molecular formula is C21H23FN4O2. The molecule has 2 aromatic carbocycles. The van der Waals surface area contributed by atoms with Gasteiger partial charge in [0.1, 0.15) is 35.6 Å². The molecule has 3 aromatic rings. The molecule has 0 spiro atoms. The minimum Gasteiger partial charge on any atom is -0.497 e. The number of hydrogen-bond acceptors (Lipinski definition) is 6.